The highest BCUT2D eigenvalue weighted by atomic mass is 19.1. The molecule has 31 heavy (non-hydrogen) atoms. The molecule has 1 unspecified atom stereocenters. The van der Waals surface area contributed by atoms with E-state index in [4.69, 9.17) is 9.47 Å². The number of methoxy groups -OCH3 is 1. The van der Waals surface area contributed by atoms with Gasteiger partial charge in [0.15, 0.2) is 5.82 Å². The molecule has 4 rings (SSSR count). The lowest BCUT2D eigenvalue weighted by Crippen LogP contribution is -2.34. The summed E-state index contributed by atoms with van der Waals surface area (Å²) in [5, 5.41) is 13.8. The molecule has 1 aromatic carbocycles. The maximum atomic E-state index is 14.6. The molecule has 1 aliphatic heterocycles. The number of halogens is 1. The zero-order chi connectivity index (χ0) is 22.0. The monoisotopic (exact) mass is 426 g/mol. The first-order chi connectivity index (χ1) is 15.0. The van der Waals surface area contributed by atoms with Crippen molar-refractivity contribution in [2.75, 3.05) is 30.9 Å². The Hall–Kier alpha value is -3.53. The highest BCUT2D eigenvalue weighted by Gasteiger charge is 2.24. The molecule has 0 saturated carbocycles. The maximum Gasteiger partial charge on any atom is 0.259 e. The molecule has 0 aliphatic carbocycles. The fourth-order valence-electron chi connectivity index (χ4n) is 3.30. The Morgan fingerprint density at radius 2 is 2.26 bits per heavy atom. The number of pyridine rings is 1. The molecule has 0 bridgehead atoms. The van der Waals surface area contributed by atoms with Crippen LogP contribution in [0.3, 0.4) is 0 Å². The van der Waals surface area contributed by atoms with Crippen LogP contribution in [0.1, 0.15) is 30.2 Å². The molecule has 1 amide bonds. The largest absolute Gasteiger partial charge is 0.484 e. The third kappa shape index (κ3) is 4.33. The molecule has 1 aliphatic rings. The predicted octanol–water partition coefficient (Wildman–Crippen LogP) is 3.13. The fraction of sp³-hybridized carbons (Fsp3) is 0.333. The molecule has 10 heteroatoms. The molecule has 0 radical (unpaired) electrons. The molecule has 1 atom stereocenters. The smallest absolute Gasteiger partial charge is 0.259 e. The van der Waals surface area contributed by atoms with Crippen LogP contribution in [0.5, 0.6) is 5.75 Å². The summed E-state index contributed by atoms with van der Waals surface area (Å²) in [6.07, 6.45) is 1.40. The normalized spacial score (nSPS) is 15.2. The van der Waals surface area contributed by atoms with E-state index in [2.05, 4.69) is 25.8 Å². The first kappa shape index (κ1) is 20.7. The molecule has 3 heterocycles. The summed E-state index contributed by atoms with van der Waals surface area (Å²) in [5.41, 5.74) is 0.899. The molecule has 9 nitrogen and oxygen atoms in total. The number of nitrogens with one attached hydrogen (secondary N) is 2. The second-order valence-electron chi connectivity index (χ2n) is 7.42. The standard InChI is InChI=1S/C21H23FN6O3/c1-12(2)28-11-24-27-20(28)16-5-4-6-19(25-16)26-21(29)14-7-18-17(8-15(14)22)23-9-13(31-18)10-30-3/h4-8,11-13,23H,9-10H2,1-3H3,(H,25,26,29). The van der Waals surface area contributed by atoms with Crippen LogP contribution in [0.25, 0.3) is 11.5 Å². The summed E-state index contributed by atoms with van der Waals surface area (Å²) in [7, 11) is 1.58. The predicted molar refractivity (Wildman–Crippen MR) is 113 cm³/mol. The number of fused-ring (bicyclic) bond motifs is 1. The van der Waals surface area contributed by atoms with Gasteiger partial charge in [0.25, 0.3) is 5.91 Å². The van der Waals surface area contributed by atoms with E-state index < -0.39 is 11.7 Å². The first-order valence-corrected chi connectivity index (χ1v) is 9.87. The van der Waals surface area contributed by atoms with Gasteiger partial charge in [-0.1, -0.05) is 6.07 Å². The number of benzene rings is 1. The van der Waals surface area contributed by atoms with Gasteiger partial charge in [0.1, 0.15) is 35.5 Å². The average Bonchev–Trinajstić information content (AvgIpc) is 3.24. The van der Waals surface area contributed by atoms with Gasteiger partial charge >= 0.3 is 0 Å². The molecule has 0 saturated heterocycles. The lowest BCUT2D eigenvalue weighted by Gasteiger charge is -2.27. The minimum absolute atomic E-state index is 0.142. The van der Waals surface area contributed by atoms with Crippen molar-refractivity contribution in [1.82, 2.24) is 19.7 Å². The van der Waals surface area contributed by atoms with Crippen molar-refractivity contribution >= 4 is 17.4 Å². The van der Waals surface area contributed by atoms with Crippen molar-refractivity contribution in [1.29, 1.82) is 0 Å². The summed E-state index contributed by atoms with van der Waals surface area (Å²) < 4.78 is 27.4. The number of amides is 1. The average molecular weight is 426 g/mol. The van der Waals surface area contributed by atoms with Crippen LogP contribution in [0, 0.1) is 5.82 Å². The molecule has 2 aromatic heterocycles. The number of ether oxygens (including phenoxy) is 2. The second-order valence-corrected chi connectivity index (χ2v) is 7.42. The van der Waals surface area contributed by atoms with E-state index in [1.165, 1.54) is 12.1 Å². The van der Waals surface area contributed by atoms with Gasteiger partial charge < -0.3 is 24.7 Å². The quantitative estimate of drug-likeness (QED) is 0.624. The number of carbonyl (C=O) groups excluding carboxylic acids is 1. The van der Waals surface area contributed by atoms with Crippen LogP contribution in [0.15, 0.2) is 36.7 Å². The fourth-order valence-corrected chi connectivity index (χ4v) is 3.30. The van der Waals surface area contributed by atoms with Crippen LogP contribution in [-0.2, 0) is 4.74 Å². The Morgan fingerprint density at radius 3 is 3.03 bits per heavy atom. The minimum Gasteiger partial charge on any atom is -0.484 e. The van der Waals surface area contributed by atoms with Crippen molar-refractivity contribution in [2.24, 2.45) is 0 Å². The zero-order valence-corrected chi connectivity index (χ0v) is 17.4. The molecular weight excluding hydrogens is 403 g/mol. The van der Waals surface area contributed by atoms with Crippen molar-refractivity contribution < 1.29 is 18.7 Å². The number of nitrogens with zero attached hydrogens (tertiary/aromatic N) is 4. The number of aromatic nitrogens is 4. The Labute approximate surface area is 178 Å². The Balaban J connectivity index is 1.56. The molecule has 3 aromatic rings. The van der Waals surface area contributed by atoms with Crippen LogP contribution in [0.4, 0.5) is 15.9 Å². The highest BCUT2D eigenvalue weighted by Crippen LogP contribution is 2.32. The first-order valence-electron chi connectivity index (χ1n) is 9.87. The van der Waals surface area contributed by atoms with E-state index in [-0.39, 0.29) is 23.5 Å². The molecule has 2 N–H and O–H groups in total. The summed E-state index contributed by atoms with van der Waals surface area (Å²) in [4.78, 5) is 17.2. The number of hydrogen-bond acceptors (Lipinski definition) is 7. The van der Waals surface area contributed by atoms with Crippen LogP contribution in [0.2, 0.25) is 0 Å². The maximum absolute atomic E-state index is 14.6. The van der Waals surface area contributed by atoms with Crippen molar-refractivity contribution in [3.63, 3.8) is 0 Å². The van der Waals surface area contributed by atoms with Gasteiger partial charge in [0, 0.05) is 19.2 Å². The van der Waals surface area contributed by atoms with E-state index in [0.717, 1.165) is 0 Å². The van der Waals surface area contributed by atoms with Gasteiger partial charge in [-0.2, -0.15) is 0 Å². The number of rotatable bonds is 6. The third-order valence-corrected chi connectivity index (χ3v) is 4.83. The van der Waals surface area contributed by atoms with Crippen LogP contribution >= 0.6 is 0 Å². The zero-order valence-electron chi connectivity index (χ0n) is 17.4. The van der Waals surface area contributed by atoms with Gasteiger partial charge in [-0.15, -0.1) is 10.2 Å². The molecule has 0 spiro atoms. The molecule has 0 fully saturated rings. The van der Waals surface area contributed by atoms with Crippen molar-refractivity contribution in [3.8, 4) is 17.3 Å². The topological polar surface area (TPSA) is 103 Å². The van der Waals surface area contributed by atoms with E-state index in [1.807, 2.05) is 18.4 Å². The lowest BCUT2D eigenvalue weighted by atomic mass is 10.1. The summed E-state index contributed by atoms with van der Waals surface area (Å²) in [6.45, 7) is 4.88. The van der Waals surface area contributed by atoms with E-state index in [1.54, 1.807) is 31.6 Å². The van der Waals surface area contributed by atoms with Crippen LogP contribution in [-0.4, -0.2) is 52.0 Å². The van der Waals surface area contributed by atoms with Crippen molar-refractivity contribution in [2.45, 2.75) is 26.0 Å². The number of carbonyl (C=O) groups is 1. The number of anilines is 2. The van der Waals surface area contributed by atoms with Crippen LogP contribution < -0.4 is 15.4 Å². The Bertz CT molecular complexity index is 1100. The highest BCUT2D eigenvalue weighted by molar-refractivity contribution is 6.04. The minimum atomic E-state index is -0.659. The van der Waals surface area contributed by atoms with Gasteiger partial charge in [-0.25, -0.2) is 9.37 Å². The second kappa shape index (κ2) is 8.68. The molecular formula is C21H23FN6O3. The van der Waals surface area contributed by atoms with E-state index in [0.29, 0.717) is 36.1 Å². The third-order valence-electron chi connectivity index (χ3n) is 4.83. The van der Waals surface area contributed by atoms with Crippen molar-refractivity contribution in [3.05, 3.63) is 48.0 Å². The van der Waals surface area contributed by atoms with Gasteiger partial charge in [-0.3, -0.25) is 4.79 Å². The summed E-state index contributed by atoms with van der Waals surface area (Å²) in [5.74, 6) is -0.0449. The molecule has 162 valence electrons. The van der Waals surface area contributed by atoms with Gasteiger partial charge in [-0.05, 0) is 32.0 Å². The summed E-state index contributed by atoms with van der Waals surface area (Å²) >= 11 is 0. The summed E-state index contributed by atoms with van der Waals surface area (Å²) in [6, 6.07) is 7.91. The number of hydrogen-bond donors (Lipinski definition) is 2. The van der Waals surface area contributed by atoms with Gasteiger partial charge in [0.2, 0.25) is 0 Å². The Morgan fingerprint density at radius 1 is 1.42 bits per heavy atom. The van der Waals surface area contributed by atoms with Gasteiger partial charge in [0.05, 0.1) is 24.4 Å². The lowest BCUT2D eigenvalue weighted by molar-refractivity contribution is 0.0844. The van der Waals surface area contributed by atoms with E-state index in [9.17, 15) is 9.18 Å². The Kier molecular flexibility index (Phi) is 5.81. The van der Waals surface area contributed by atoms with E-state index >= 15 is 0 Å². The SMILES string of the molecule is COCC1CNc2cc(F)c(C(=O)Nc3cccc(-c4nncn4C(C)C)n3)cc2O1.